The quantitative estimate of drug-likeness (QED) is 0.861. The van der Waals surface area contributed by atoms with Crippen LogP contribution in [0.2, 0.25) is 5.02 Å². The molecule has 0 unspecified atom stereocenters. The van der Waals surface area contributed by atoms with Gasteiger partial charge in [0.1, 0.15) is 0 Å². The third kappa shape index (κ3) is 2.14. The van der Waals surface area contributed by atoms with Crippen LogP contribution in [0.1, 0.15) is 42.9 Å². The van der Waals surface area contributed by atoms with E-state index < -0.39 is 21.3 Å². The summed E-state index contributed by atoms with van der Waals surface area (Å²) in [4.78, 5) is 3.96. The van der Waals surface area contributed by atoms with E-state index in [0.717, 1.165) is 5.56 Å². The highest BCUT2D eigenvalue weighted by Crippen LogP contribution is 2.41. The average Bonchev–Trinajstić information content (AvgIpc) is 3.16. The summed E-state index contributed by atoms with van der Waals surface area (Å²) in [7, 11) is -3.52. The van der Waals surface area contributed by atoms with E-state index in [-0.39, 0.29) is 23.4 Å². The highest BCUT2D eigenvalue weighted by molar-refractivity contribution is 7.92. The van der Waals surface area contributed by atoms with Crippen LogP contribution < -0.4 is 0 Å². The number of sulfone groups is 1. The topological polar surface area (TPSA) is 64.8 Å². The molecule has 1 fully saturated rings. The molecule has 8 heteroatoms. The van der Waals surface area contributed by atoms with Crippen LogP contribution in [0.25, 0.3) is 0 Å². The third-order valence-electron chi connectivity index (χ3n) is 4.09. The summed E-state index contributed by atoms with van der Waals surface area (Å²) < 4.78 is 40.1. The first-order chi connectivity index (χ1) is 10.5. The number of halogens is 2. The van der Waals surface area contributed by atoms with Gasteiger partial charge in [0.25, 0.3) is 5.16 Å². The number of hydrogen-bond donors (Lipinski definition) is 0. The second-order valence-corrected chi connectivity index (χ2v) is 8.27. The third-order valence-corrected chi connectivity index (χ3v) is 6.36. The summed E-state index contributed by atoms with van der Waals surface area (Å²) in [6, 6.07) is 6.71. The van der Waals surface area contributed by atoms with Gasteiger partial charge < -0.3 is 0 Å². The van der Waals surface area contributed by atoms with Crippen molar-refractivity contribution in [2.45, 2.75) is 41.9 Å². The van der Waals surface area contributed by atoms with Crippen molar-refractivity contribution < 1.29 is 12.8 Å². The monoisotopic (exact) mass is 341 g/mol. The van der Waals surface area contributed by atoms with Crippen molar-refractivity contribution >= 4 is 21.4 Å². The fourth-order valence-electron chi connectivity index (χ4n) is 2.80. The molecule has 2 atom stereocenters. The van der Waals surface area contributed by atoms with Crippen molar-refractivity contribution in [2.75, 3.05) is 0 Å². The van der Waals surface area contributed by atoms with Gasteiger partial charge >= 0.3 is 0 Å². The Balaban J connectivity index is 1.77. The van der Waals surface area contributed by atoms with Gasteiger partial charge in [-0.05, 0) is 30.5 Å². The minimum absolute atomic E-state index is 0.0872. The average molecular weight is 342 g/mol. The van der Waals surface area contributed by atoms with Crippen molar-refractivity contribution in [1.29, 1.82) is 0 Å². The van der Waals surface area contributed by atoms with Crippen LogP contribution in [-0.2, 0) is 9.84 Å². The van der Waals surface area contributed by atoms with Crippen LogP contribution in [0, 0.1) is 0 Å². The Kier molecular flexibility index (Phi) is 3.06. The van der Waals surface area contributed by atoms with Crippen LogP contribution in [0.4, 0.5) is 4.39 Å². The van der Waals surface area contributed by atoms with Gasteiger partial charge in [0.05, 0.1) is 11.3 Å². The first kappa shape index (κ1) is 14.1. The van der Waals surface area contributed by atoms with Gasteiger partial charge in [0.15, 0.2) is 12.0 Å². The molecule has 0 radical (unpaired) electrons. The van der Waals surface area contributed by atoms with E-state index in [1.807, 2.05) is 6.07 Å². The molecule has 1 saturated carbocycles. The maximum absolute atomic E-state index is 14.2. The Morgan fingerprint density at radius 2 is 2.09 bits per heavy atom. The zero-order valence-corrected chi connectivity index (χ0v) is 13.1. The van der Waals surface area contributed by atoms with Gasteiger partial charge in [-0.2, -0.15) is 4.98 Å². The second kappa shape index (κ2) is 4.76. The molecule has 1 aromatic heterocycles. The molecule has 22 heavy (non-hydrogen) atoms. The first-order valence-corrected chi connectivity index (χ1v) is 8.99. The van der Waals surface area contributed by atoms with Crippen LogP contribution >= 0.6 is 11.6 Å². The Hall–Kier alpha value is -1.47. The summed E-state index contributed by atoms with van der Waals surface area (Å²) in [6.07, 6.45) is 0.130. The Labute approximate surface area is 132 Å². The van der Waals surface area contributed by atoms with Gasteiger partial charge in [0.2, 0.25) is 9.84 Å². The van der Waals surface area contributed by atoms with E-state index in [4.69, 9.17) is 11.6 Å². The van der Waals surface area contributed by atoms with Crippen molar-refractivity contribution in [2.24, 2.45) is 0 Å². The highest BCUT2D eigenvalue weighted by atomic mass is 35.5. The van der Waals surface area contributed by atoms with E-state index in [9.17, 15) is 12.8 Å². The Morgan fingerprint density at radius 1 is 1.32 bits per heavy atom. The van der Waals surface area contributed by atoms with Gasteiger partial charge in [-0.25, -0.2) is 17.5 Å². The number of alkyl halides is 1. The van der Waals surface area contributed by atoms with E-state index in [1.165, 1.54) is 4.68 Å². The lowest BCUT2D eigenvalue weighted by molar-refractivity contribution is 0.326. The molecule has 1 aliphatic carbocycles. The molecule has 0 saturated heterocycles. The summed E-state index contributed by atoms with van der Waals surface area (Å²) in [5, 5.41) is 3.99. The van der Waals surface area contributed by atoms with Gasteiger partial charge in [-0.3, -0.25) is 0 Å². The highest BCUT2D eigenvalue weighted by Gasteiger charge is 2.43. The predicted molar refractivity (Wildman–Crippen MR) is 78.3 cm³/mol. The lowest BCUT2D eigenvalue weighted by Crippen LogP contribution is -2.12. The van der Waals surface area contributed by atoms with E-state index >= 15 is 0 Å². The molecule has 0 bridgehead atoms. The lowest BCUT2D eigenvalue weighted by Gasteiger charge is -2.12. The molecular formula is C14H13ClFN3O2S. The molecule has 2 heterocycles. The van der Waals surface area contributed by atoms with Crippen molar-refractivity contribution in [3.63, 3.8) is 0 Å². The summed E-state index contributed by atoms with van der Waals surface area (Å²) in [5.41, 5.74) is 0.800. The van der Waals surface area contributed by atoms with Crippen molar-refractivity contribution in [3.05, 3.63) is 40.7 Å². The number of rotatable bonds is 3. The standard InChI is InChI=1S/C14H13ClFN3O2S/c15-9-3-1-2-8(6-9)12-7-11(16)13-17-14(18-19(12)13)22(20,21)10-4-5-10/h1-3,6,10-12H,4-5,7H2/t11-,12-/m0/s1. The Morgan fingerprint density at radius 3 is 2.77 bits per heavy atom. The largest absolute Gasteiger partial charge is 0.267 e. The smallest absolute Gasteiger partial charge is 0.239 e. The van der Waals surface area contributed by atoms with E-state index in [1.54, 1.807) is 18.2 Å². The molecule has 1 aliphatic heterocycles. The summed E-state index contributed by atoms with van der Waals surface area (Å²) in [6.45, 7) is 0. The molecule has 4 rings (SSSR count). The fourth-order valence-corrected chi connectivity index (χ4v) is 4.47. The van der Waals surface area contributed by atoms with Crippen molar-refractivity contribution in [1.82, 2.24) is 14.8 Å². The molecule has 5 nitrogen and oxygen atoms in total. The molecule has 116 valence electrons. The number of aromatic nitrogens is 3. The minimum atomic E-state index is -3.52. The molecule has 1 aromatic carbocycles. The molecular weight excluding hydrogens is 329 g/mol. The van der Waals surface area contributed by atoms with Gasteiger partial charge in [-0.1, -0.05) is 23.7 Å². The van der Waals surface area contributed by atoms with E-state index in [2.05, 4.69) is 10.1 Å². The summed E-state index contributed by atoms with van der Waals surface area (Å²) >= 11 is 5.98. The number of fused-ring (bicyclic) bond motifs is 1. The van der Waals surface area contributed by atoms with Crippen LogP contribution in [-0.4, -0.2) is 28.4 Å². The maximum atomic E-state index is 14.2. The maximum Gasteiger partial charge on any atom is 0.267 e. The second-order valence-electron chi connectivity index (χ2n) is 5.72. The minimum Gasteiger partial charge on any atom is -0.239 e. The normalized spacial score (nSPS) is 24.5. The SMILES string of the molecule is O=S(=O)(c1nc2n(n1)[C@H](c1cccc(Cl)c1)C[C@@H]2F)C1CC1. The first-order valence-electron chi connectivity index (χ1n) is 7.06. The molecule has 2 aliphatic rings. The molecule has 2 aromatic rings. The molecule has 0 amide bonds. The summed E-state index contributed by atoms with van der Waals surface area (Å²) in [5.74, 6) is 0.0872. The molecule has 0 N–H and O–H groups in total. The van der Waals surface area contributed by atoms with Crippen molar-refractivity contribution in [3.8, 4) is 0 Å². The predicted octanol–water partition coefficient (Wildman–Crippen LogP) is 2.87. The Bertz CT molecular complexity index is 848. The van der Waals surface area contributed by atoms with Crippen LogP contribution in [0.3, 0.4) is 0 Å². The zero-order chi connectivity index (χ0) is 15.5. The molecule has 0 spiro atoms. The number of nitrogens with zero attached hydrogens (tertiary/aromatic N) is 3. The number of benzene rings is 1. The fraction of sp³-hybridized carbons (Fsp3) is 0.429. The van der Waals surface area contributed by atoms with E-state index in [0.29, 0.717) is 17.9 Å². The lowest BCUT2D eigenvalue weighted by atomic mass is 10.0. The van der Waals surface area contributed by atoms with Gasteiger partial charge in [0, 0.05) is 11.4 Å². The van der Waals surface area contributed by atoms with Crippen LogP contribution in [0.5, 0.6) is 0 Å². The van der Waals surface area contributed by atoms with Gasteiger partial charge in [-0.15, -0.1) is 5.10 Å². The van der Waals surface area contributed by atoms with Crippen LogP contribution in [0.15, 0.2) is 29.4 Å². The number of hydrogen-bond acceptors (Lipinski definition) is 4. The zero-order valence-electron chi connectivity index (χ0n) is 11.5.